The number of benzene rings is 1. The van der Waals surface area contributed by atoms with Crippen LogP contribution in [-0.4, -0.2) is 54.5 Å². The first-order valence-electron chi connectivity index (χ1n) is 9.52. The lowest BCUT2D eigenvalue weighted by Crippen LogP contribution is -2.47. The summed E-state index contributed by atoms with van der Waals surface area (Å²) in [7, 11) is 0. The van der Waals surface area contributed by atoms with Crippen LogP contribution in [0.15, 0.2) is 30.3 Å². The van der Waals surface area contributed by atoms with Crippen LogP contribution in [0, 0.1) is 0 Å². The fourth-order valence-electron chi connectivity index (χ4n) is 3.89. The number of hydrogen-bond acceptors (Lipinski definition) is 3. The van der Waals surface area contributed by atoms with Crippen molar-refractivity contribution in [2.45, 2.75) is 51.0 Å². The summed E-state index contributed by atoms with van der Waals surface area (Å²) in [6.45, 7) is 4.65. The van der Waals surface area contributed by atoms with Gasteiger partial charge in [-0.05, 0) is 63.7 Å². The van der Waals surface area contributed by atoms with E-state index in [1.54, 1.807) is 0 Å². The zero-order chi connectivity index (χ0) is 16.6. The minimum atomic E-state index is 0.141. The highest BCUT2D eigenvalue weighted by molar-refractivity contribution is 5.78. The van der Waals surface area contributed by atoms with Crippen molar-refractivity contribution in [1.29, 1.82) is 0 Å². The number of amides is 1. The third kappa shape index (κ3) is 4.97. The molecule has 0 unspecified atom stereocenters. The summed E-state index contributed by atoms with van der Waals surface area (Å²) in [6, 6.07) is 10.0. The SMILES string of the molecule is O=C(COc1ccccc1)N1CCCC[C@@H]1CCN1CCCCC1. The van der Waals surface area contributed by atoms with Crippen LogP contribution >= 0.6 is 0 Å². The highest BCUT2D eigenvalue weighted by Crippen LogP contribution is 2.21. The van der Waals surface area contributed by atoms with Crippen molar-refractivity contribution in [2.75, 3.05) is 32.8 Å². The molecule has 2 fully saturated rings. The molecule has 4 heteroatoms. The van der Waals surface area contributed by atoms with E-state index in [9.17, 15) is 4.79 Å². The highest BCUT2D eigenvalue weighted by atomic mass is 16.5. The van der Waals surface area contributed by atoms with Crippen molar-refractivity contribution in [3.05, 3.63) is 30.3 Å². The van der Waals surface area contributed by atoms with Gasteiger partial charge >= 0.3 is 0 Å². The van der Waals surface area contributed by atoms with Crippen molar-refractivity contribution in [3.63, 3.8) is 0 Å². The van der Waals surface area contributed by atoms with Crippen molar-refractivity contribution >= 4 is 5.91 Å². The maximum Gasteiger partial charge on any atom is 0.260 e. The fraction of sp³-hybridized carbons (Fsp3) is 0.650. The standard InChI is InChI=1S/C20H30N2O2/c23-20(17-24-19-10-3-1-4-11-19)22-15-8-5-9-18(22)12-16-21-13-6-2-7-14-21/h1,3-4,10-11,18H,2,5-9,12-17H2/t18-/m1/s1. The Bertz CT molecular complexity index is 500. The molecule has 0 radical (unpaired) electrons. The molecule has 3 rings (SSSR count). The van der Waals surface area contributed by atoms with Crippen LogP contribution in [0.3, 0.4) is 0 Å². The number of hydrogen-bond donors (Lipinski definition) is 0. The Hall–Kier alpha value is -1.55. The van der Waals surface area contributed by atoms with E-state index in [0.29, 0.717) is 6.04 Å². The van der Waals surface area contributed by atoms with Crippen molar-refractivity contribution in [3.8, 4) is 5.75 Å². The molecule has 4 nitrogen and oxygen atoms in total. The molecule has 0 saturated carbocycles. The first-order chi connectivity index (χ1) is 11.8. The molecule has 132 valence electrons. The predicted octanol–water partition coefficient (Wildman–Crippen LogP) is 3.32. The molecule has 1 aromatic carbocycles. The summed E-state index contributed by atoms with van der Waals surface area (Å²) in [5, 5.41) is 0. The zero-order valence-electron chi connectivity index (χ0n) is 14.7. The van der Waals surface area contributed by atoms with Crippen LogP contribution < -0.4 is 4.74 Å². The van der Waals surface area contributed by atoms with Crippen LogP contribution in [0.4, 0.5) is 0 Å². The van der Waals surface area contributed by atoms with Gasteiger partial charge in [0.2, 0.25) is 0 Å². The Labute approximate surface area is 145 Å². The van der Waals surface area contributed by atoms with Gasteiger partial charge in [0.25, 0.3) is 5.91 Å². The number of nitrogens with zero attached hydrogens (tertiary/aromatic N) is 2. The van der Waals surface area contributed by atoms with Crippen LogP contribution in [0.2, 0.25) is 0 Å². The molecule has 2 aliphatic heterocycles. The van der Waals surface area contributed by atoms with Gasteiger partial charge in [-0.2, -0.15) is 0 Å². The van der Waals surface area contributed by atoms with E-state index >= 15 is 0 Å². The summed E-state index contributed by atoms with van der Waals surface area (Å²) in [5.41, 5.74) is 0. The van der Waals surface area contributed by atoms with Gasteiger partial charge in [0, 0.05) is 19.1 Å². The molecule has 24 heavy (non-hydrogen) atoms. The second kappa shape index (κ2) is 9.07. The molecular weight excluding hydrogens is 300 g/mol. The largest absolute Gasteiger partial charge is 0.484 e. The fourth-order valence-corrected chi connectivity index (χ4v) is 3.89. The van der Waals surface area contributed by atoms with Crippen molar-refractivity contribution in [1.82, 2.24) is 9.80 Å². The van der Waals surface area contributed by atoms with Crippen molar-refractivity contribution in [2.24, 2.45) is 0 Å². The molecule has 1 amide bonds. The average molecular weight is 330 g/mol. The van der Waals surface area contributed by atoms with Crippen LogP contribution in [0.5, 0.6) is 5.75 Å². The molecule has 2 heterocycles. The van der Waals surface area contributed by atoms with E-state index in [-0.39, 0.29) is 12.5 Å². The lowest BCUT2D eigenvalue weighted by Gasteiger charge is -2.37. The van der Waals surface area contributed by atoms with Gasteiger partial charge in [0.1, 0.15) is 5.75 Å². The number of carbonyl (C=O) groups excluding carboxylic acids is 1. The Balaban J connectivity index is 1.48. The predicted molar refractivity (Wildman–Crippen MR) is 96.2 cm³/mol. The average Bonchev–Trinajstić information content (AvgIpc) is 2.66. The summed E-state index contributed by atoms with van der Waals surface area (Å²) in [4.78, 5) is 17.3. The second-order valence-corrected chi connectivity index (χ2v) is 7.03. The molecular formula is C20H30N2O2. The van der Waals surface area contributed by atoms with Crippen molar-refractivity contribution < 1.29 is 9.53 Å². The summed E-state index contributed by atoms with van der Waals surface area (Å²) < 4.78 is 5.66. The molecule has 0 bridgehead atoms. The van der Waals surface area contributed by atoms with Gasteiger partial charge < -0.3 is 14.5 Å². The molecule has 0 N–H and O–H groups in total. The number of rotatable bonds is 6. The Morgan fingerprint density at radius 3 is 2.54 bits per heavy atom. The quantitative estimate of drug-likeness (QED) is 0.802. The van der Waals surface area contributed by atoms with E-state index in [0.717, 1.165) is 38.1 Å². The number of carbonyl (C=O) groups is 1. The minimum absolute atomic E-state index is 0.141. The maximum absolute atomic E-state index is 12.6. The maximum atomic E-state index is 12.6. The van der Waals surface area contributed by atoms with E-state index in [4.69, 9.17) is 4.74 Å². The smallest absolute Gasteiger partial charge is 0.260 e. The molecule has 2 saturated heterocycles. The number of likely N-dealkylation sites (tertiary alicyclic amines) is 2. The molecule has 0 aliphatic carbocycles. The zero-order valence-corrected chi connectivity index (χ0v) is 14.7. The van der Waals surface area contributed by atoms with Crippen LogP contribution in [0.1, 0.15) is 44.9 Å². The Morgan fingerprint density at radius 1 is 1.00 bits per heavy atom. The number of piperidine rings is 2. The third-order valence-electron chi connectivity index (χ3n) is 5.28. The molecule has 1 atom stereocenters. The first kappa shape index (κ1) is 17.3. The molecule has 1 aromatic rings. The summed E-state index contributed by atoms with van der Waals surface area (Å²) in [5.74, 6) is 0.912. The first-order valence-corrected chi connectivity index (χ1v) is 9.52. The lowest BCUT2D eigenvalue weighted by molar-refractivity contribution is -0.137. The molecule has 2 aliphatic rings. The van der Waals surface area contributed by atoms with Gasteiger partial charge in [-0.1, -0.05) is 24.6 Å². The number of ether oxygens (including phenoxy) is 1. The van der Waals surface area contributed by atoms with Gasteiger partial charge in [-0.3, -0.25) is 4.79 Å². The summed E-state index contributed by atoms with van der Waals surface area (Å²) >= 11 is 0. The number of para-hydroxylation sites is 1. The van der Waals surface area contributed by atoms with Gasteiger partial charge in [-0.15, -0.1) is 0 Å². The van der Waals surface area contributed by atoms with Gasteiger partial charge in [0.15, 0.2) is 6.61 Å². The second-order valence-electron chi connectivity index (χ2n) is 7.03. The van der Waals surface area contributed by atoms with Crippen LogP contribution in [-0.2, 0) is 4.79 Å². The van der Waals surface area contributed by atoms with E-state index < -0.39 is 0 Å². The highest BCUT2D eigenvalue weighted by Gasteiger charge is 2.27. The minimum Gasteiger partial charge on any atom is -0.484 e. The van der Waals surface area contributed by atoms with E-state index in [1.165, 1.54) is 38.8 Å². The topological polar surface area (TPSA) is 32.8 Å². The normalized spacial score (nSPS) is 22.3. The molecule has 0 spiro atoms. The van der Waals surface area contributed by atoms with Gasteiger partial charge in [0.05, 0.1) is 0 Å². The van der Waals surface area contributed by atoms with Crippen LogP contribution in [0.25, 0.3) is 0 Å². The monoisotopic (exact) mass is 330 g/mol. The van der Waals surface area contributed by atoms with E-state index in [1.807, 2.05) is 30.3 Å². The third-order valence-corrected chi connectivity index (χ3v) is 5.28. The Morgan fingerprint density at radius 2 is 1.75 bits per heavy atom. The van der Waals surface area contributed by atoms with E-state index in [2.05, 4.69) is 9.80 Å². The molecule has 0 aromatic heterocycles. The Kier molecular flexibility index (Phi) is 6.53. The lowest BCUT2D eigenvalue weighted by atomic mass is 9.98. The summed E-state index contributed by atoms with van der Waals surface area (Å²) in [6.07, 6.45) is 8.66. The van der Waals surface area contributed by atoms with Gasteiger partial charge in [-0.25, -0.2) is 0 Å².